The molecule has 2 aromatic rings. The molecule has 1 aromatic heterocycles. The molecular formula is C16H19N7O. The minimum atomic E-state index is -0.693. The van der Waals surface area contributed by atoms with Crippen LogP contribution in [0.4, 0.5) is 5.69 Å². The summed E-state index contributed by atoms with van der Waals surface area (Å²) in [5.41, 5.74) is 0.957. The summed E-state index contributed by atoms with van der Waals surface area (Å²) in [6, 6.07) is 9.70. The lowest BCUT2D eigenvalue weighted by Crippen LogP contribution is -2.50. The Bertz CT molecular complexity index is 712. The van der Waals surface area contributed by atoms with Crippen molar-refractivity contribution in [3.63, 3.8) is 0 Å². The first kappa shape index (κ1) is 15.9. The normalized spacial score (nSPS) is 16.1. The highest BCUT2D eigenvalue weighted by molar-refractivity contribution is 5.81. The van der Waals surface area contributed by atoms with Crippen LogP contribution in [0.25, 0.3) is 5.69 Å². The summed E-state index contributed by atoms with van der Waals surface area (Å²) >= 11 is 0. The molecule has 1 aliphatic carbocycles. The van der Waals surface area contributed by atoms with Crippen molar-refractivity contribution in [2.45, 2.75) is 37.6 Å². The fraction of sp³-hybridized carbons (Fsp3) is 0.438. The lowest BCUT2D eigenvalue weighted by Gasteiger charge is -2.31. The van der Waals surface area contributed by atoms with E-state index in [1.165, 1.54) is 6.33 Å². The average Bonchev–Trinajstić information content (AvgIpc) is 3.16. The summed E-state index contributed by atoms with van der Waals surface area (Å²) < 4.78 is 1.55. The van der Waals surface area contributed by atoms with Gasteiger partial charge in [-0.3, -0.25) is 4.79 Å². The van der Waals surface area contributed by atoms with Gasteiger partial charge in [-0.1, -0.05) is 19.3 Å². The number of tetrazole rings is 1. The molecule has 8 heteroatoms. The van der Waals surface area contributed by atoms with Crippen molar-refractivity contribution in [3.05, 3.63) is 30.6 Å². The molecule has 0 spiro atoms. The summed E-state index contributed by atoms with van der Waals surface area (Å²) in [6.07, 6.45) is 6.08. The second-order valence-electron chi connectivity index (χ2n) is 5.96. The van der Waals surface area contributed by atoms with Gasteiger partial charge in [0.25, 0.3) is 0 Å². The third-order valence-corrected chi connectivity index (χ3v) is 4.23. The molecule has 0 bridgehead atoms. The molecule has 3 rings (SSSR count). The van der Waals surface area contributed by atoms with E-state index in [-0.39, 0.29) is 12.5 Å². The molecule has 24 heavy (non-hydrogen) atoms. The van der Waals surface area contributed by atoms with Crippen LogP contribution in [0.15, 0.2) is 30.6 Å². The number of carbonyl (C=O) groups excluding carboxylic acids is 1. The van der Waals surface area contributed by atoms with E-state index in [0.717, 1.165) is 43.5 Å². The van der Waals surface area contributed by atoms with Crippen LogP contribution >= 0.6 is 0 Å². The lowest BCUT2D eigenvalue weighted by atomic mass is 9.83. The van der Waals surface area contributed by atoms with Crippen LogP contribution < -0.4 is 10.6 Å². The van der Waals surface area contributed by atoms with Gasteiger partial charge in [-0.25, -0.2) is 4.68 Å². The number of nitrogens with zero attached hydrogens (tertiary/aromatic N) is 5. The van der Waals surface area contributed by atoms with Crippen LogP contribution in [0.2, 0.25) is 0 Å². The largest absolute Gasteiger partial charge is 0.376 e. The molecular weight excluding hydrogens is 306 g/mol. The van der Waals surface area contributed by atoms with Crippen LogP contribution in [-0.4, -0.2) is 38.2 Å². The number of rotatable bonds is 5. The maximum Gasteiger partial charge on any atom is 0.240 e. The number of nitrogens with one attached hydrogen (secondary N) is 2. The number of carbonyl (C=O) groups is 1. The molecule has 124 valence electrons. The Morgan fingerprint density at radius 3 is 2.62 bits per heavy atom. The van der Waals surface area contributed by atoms with E-state index < -0.39 is 5.54 Å². The molecule has 1 aliphatic rings. The molecule has 1 saturated carbocycles. The van der Waals surface area contributed by atoms with Crippen LogP contribution in [0, 0.1) is 11.3 Å². The van der Waals surface area contributed by atoms with Gasteiger partial charge >= 0.3 is 0 Å². The third kappa shape index (κ3) is 3.68. The summed E-state index contributed by atoms with van der Waals surface area (Å²) in [7, 11) is 0. The highest BCUT2D eigenvalue weighted by atomic mass is 16.2. The summed E-state index contributed by atoms with van der Waals surface area (Å²) in [5.74, 6) is -0.164. The molecule has 0 unspecified atom stereocenters. The Balaban J connectivity index is 1.53. The first-order valence-corrected chi connectivity index (χ1v) is 8.00. The number of hydrogen-bond acceptors (Lipinski definition) is 6. The van der Waals surface area contributed by atoms with E-state index in [9.17, 15) is 10.1 Å². The van der Waals surface area contributed by atoms with Crippen LogP contribution in [-0.2, 0) is 4.79 Å². The van der Waals surface area contributed by atoms with E-state index in [1.54, 1.807) is 4.68 Å². The molecule has 2 N–H and O–H groups in total. The molecule has 0 aliphatic heterocycles. The maximum atomic E-state index is 12.1. The van der Waals surface area contributed by atoms with Crippen molar-refractivity contribution in [2.24, 2.45) is 0 Å². The number of benzene rings is 1. The van der Waals surface area contributed by atoms with Gasteiger partial charge in [-0.15, -0.1) is 5.10 Å². The highest BCUT2D eigenvalue weighted by Gasteiger charge is 2.33. The standard InChI is InChI=1S/C16H19N7O/c17-11-16(8-2-1-3-9-16)20-15(24)10-18-13-4-6-14(7-5-13)23-12-19-21-22-23/h4-7,12,18H,1-3,8-10H2,(H,20,24). The fourth-order valence-electron chi connectivity index (χ4n) is 2.93. The molecule has 0 saturated heterocycles. The number of nitriles is 1. The van der Waals surface area contributed by atoms with E-state index in [1.807, 2.05) is 24.3 Å². The molecule has 1 aromatic carbocycles. The number of anilines is 1. The van der Waals surface area contributed by atoms with Crippen molar-refractivity contribution in [1.29, 1.82) is 5.26 Å². The maximum absolute atomic E-state index is 12.1. The van der Waals surface area contributed by atoms with Crippen LogP contribution in [0.5, 0.6) is 0 Å². The second-order valence-corrected chi connectivity index (χ2v) is 5.96. The number of aromatic nitrogens is 4. The van der Waals surface area contributed by atoms with E-state index in [0.29, 0.717) is 0 Å². The zero-order chi connectivity index (χ0) is 16.8. The van der Waals surface area contributed by atoms with E-state index in [4.69, 9.17) is 0 Å². The van der Waals surface area contributed by atoms with Gasteiger partial charge in [0.15, 0.2) is 0 Å². The molecule has 0 atom stereocenters. The minimum absolute atomic E-state index is 0.133. The lowest BCUT2D eigenvalue weighted by molar-refractivity contribution is -0.121. The Morgan fingerprint density at radius 2 is 2.00 bits per heavy atom. The van der Waals surface area contributed by atoms with Crippen molar-refractivity contribution >= 4 is 11.6 Å². The Kier molecular flexibility index (Phi) is 4.70. The van der Waals surface area contributed by atoms with Crippen molar-refractivity contribution < 1.29 is 4.79 Å². The zero-order valence-corrected chi connectivity index (χ0v) is 13.3. The fourth-order valence-corrected chi connectivity index (χ4v) is 2.93. The Hall–Kier alpha value is -2.95. The van der Waals surface area contributed by atoms with Gasteiger partial charge in [0, 0.05) is 5.69 Å². The molecule has 1 heterocycles. The third-order valence-electron chi connectivity index (χ3n) is 4.23. The number of amides is 1. The quantitative estimate of drug-likeness (QED) is 0.860. The SMILES string of the molecule is N#CC1(NC(=O)CNc2ccc(-n3cnnn3)cc2)CCCCC1. The zero-order valence-electron chi connectivity index (χ0n) is 13.3. The molecule has 8 nitrogen and oxygen atoms in total. The van der Waals surface area contributed by atoms with Gasteiger partial charge in [-0.05, 0) is 47.5 Å². The monoisotopic (exact) mass is 325 g/mol. The first-order chi connectivity index (χ1) is 11.7. The predicted octanol–water partition coefficient (Wildman–Crippen LogP) is 1.42. The van der Waals surface area contributed by atoms with Crippen molar-refractivity contribution in [1.82, 2.24) is 25.5 Å². The van der Waals surface area contributed by atoms with Crippen molar-refractivity contribution in [2.75, 3.05) is 11.9 Å². The summed E-state index contributed by atoms with van der Waals surface area (Å²) in [4.78, 5) is 12.1. The first-order valence-electron chi connectivity index (χ1n) is 8.00. The van der Waals surface area contributed by atoms with Crippen LogP contribution in [0.3, 0.4) is 0 Å². The molecule has 0 radical (unpaired) electrons. The number of hydrogen-bond donors (Lipinski definition) is 2. The minimum Gasteiger partial charge on any atom is -0.376 e. The second kappa shape index (κ2) is 7.08. The van der Waals surface area contributed by atoms with Gasteiger partial charge in [0.05, 0.1) is 18.3 Å². The summed E-state index contributed by atoms with van der Waals surface area (Å²) in [5, 5.41) is 26.3. The Labute approximate surface area is 139 Å². The Morgan fingerprint density at radius 1 is 1.25 bits per heavy atom. The van der Waals surface area contributed by atoms with Crippen molar-refractivity contribution in [3.8, 4) is 11.8 Å². The van der Waals surface area contributed by atoms with Crippen LogP contribution in [0.1, 0.15) is 32.1 Å². The molecule has 1 amide bonds. The molecule has 1 fully saturated rings. The van der Waals surface area contributed by atoms with E-state index >= 15 is 0 Å². The van der Waals surface area contributed by atoms with Gasteiger partial charge in [0.2, 0.25) is 5.91 Å². The van der Waals surface area contributed by atoms with E-state index in [2.05, 4.69) is 32.2 Å². The predicted molar refractivity (Wildman–Crippen MR) is 87.2 cm³/mol. The van der Waals surface area contributed by atoms with Gasteiger partial charge in [-0.2, -0.15) is 5.26 Å². The topological polar surface area (TPSA) is 109 Å². The summed E-state index contributed by atoms with van der Waals surface area (Å²) in [6.45, 7) is 0.133. The average molecular weight is 325 g/mol. The smallest absolute Gasteiger partial charge is 0.240 e. The van der Waals surface area contributed by atoms with Gasteiger partial charge in [0.1, 0.15) is 11.9 Å². The van der Waals surface area contributed by atoms with Gasteiger partial charge < -0.3 is 10.6 Å². The highest BCUT2D eigenvalue weighted by Crippen LogP contribution is 2.27.